The Kier molecular flexibility index (Phi) is 7.27. The van der Waals surface area contributed by atoms with E-state index in [1.54, 1.807) is 13.8 Å². The first-order chi connectivity index (χ1) is 16.3. The maximum Gasteiger partial charge on any atom is 0.416 e. The maximum atomic E-state index is 13.6. The van der Waals surface area contributed by atoms with Crippen molar-refractivity contribution in [2.24, 2.45) is 0 Å². The van der Waals surface area contributed by atoms with Crippen molar-refractivity contribution in [3.63, 3.8) is 0 Å². The number of amides is 2. The van der Waals surface area contributed by atoms with Gasteiger partial charge in [-0.15, -0.1) is 0 Å². The van der Waals surface area contributed by atoms with E-state index in [4.69, 9.17) is 0 Å². The Hall–Kier alpha value is -3.76. The molecule has 3 N–H and O–H groups in total. The zero-order valence-electron chi connectivity index (χ0n) is 19.1. The van der Waals surface area contributed by atoms with Gasteiger partial charge in [-0.1, -0.05) is 32.0 Å². The SMILES string of the molecule is C[C@H](NC(=O)Cc1ccccc1C(F)(F)F)C(=O)Nc1cc(C(C)(C)c2cc(F)cc(F)c2)[nH]n1. The van der Waals surface area contributed by atoms with Gasteiger partial charge in [-0.3, -0.25) is 14.7 Å². The Labute approximate surface area is 197 Å². The van der Waals surface area contributed by atoms with E-state index in [2.05, 4.69) is 20.8 Å². The molecule has 3 rings (SSSR count). The number of H-pyrrole nitrogens is 1. The molecule has 1 heterocycles. The molecule has 0 aliphatic rings. The van der Waals surface area contributed by atoms with E-state index >= 15 is 0 Å². The summed E-state index contributed by atoms with van der Waals surface area (Å²) >= 11 is 0. The molecule has 0 fully saturated rings. The fraction of sp³-hybridized carbons (Fsp3) is 0.292. The minimum atomic E-state index is -4.61. The van der Waals surface area contributed by atoms with Crippen LogP contribution in [0.5, 0.6) is 0 Å². The number of aromatic nitrogens is 2. The highest BCUT2D eigenvalue weighted by molar-refractivity contribution is 5.96. The molecule has 0 radical (unpaired) electrons. The minimum absolute atomic E-state index is 0.0958. The van der Waals surface area contributed by atoms with Gasteiger partial charge in [0.1, 0.15) is 17.7 Å². The molecule has 0 saturated carbocycles. The van der Waals surface area contributed by atoms with Crippen LogP contribution < -0.4 is 10.6 Å². The normalized spacial score (nSPS) is 12.8. The number of carbonyl (C=O) groups is 2. The fourth-order valence-corrected chi connectivity index (χ4v) is 3.49. The molecule has 3 aromatic rings. The Morgan fingerprint density at radius 3 is 2.29 bits per heavy atom. The third-order valence-electron chi connectivity index (χ3n) is 5.53. The first-order valence-corrected chi connectivity index (χ1v) is 10.5. The van der Waals surface area contributed by atoms with Crippen molar-refractivity contribution in [1.82, 2.24) is 15.5 Å². The van der Waals surface area contributed by atoms with Crippen molar-refractivity contribution in [3.05, 3.63) is 82.5 Å². The first kappa shape index (κ1) is 25.9. The highest BCUT2D eigenvalue weighted by Gasteiger charge is 2.33. The van der Waals surface area contributed by atoms with Crippen LogP contribution in [0.25, 0.3) is 0 Å². The second kappa shape index (κ2) is 9.85. The van der Waals surface area contributed by atoms with Crippen LogP contribution in [-0.2, 0) is 27.6 Å². The second-order valence-electron chi connectivity index (χ2n) is 8.56. The summed E-state index contributed by atoms with van der Waals surface area (Å²) in [6.07, 6.45) is -5.17. The van der Waals surface area contributed by atoms with Gasteiger partial charge in [-0.2, -0.15) is 18.3 Å². The summed E-state index contributed by atoms with van der Waals surface area (Å²) in [5, 5.41) is 11.5. The molecule has 35 heavy (non-hydrogen) atoms. The van der Waals surface area contributed by atoms with E-state index in [1.807, 2.05) is 0 Å². The highest BCUT2D eigenvalue weighted by atomic mass is 19.4. The molecule has 186 valence electrons. The number of aromatic amines is 1. The van der Waals surface area contributed by atoms with Crippen molar-refractivity contribution in [2.45, 2.75) is 44.8 Å². The molecular weight excluding hydrogens is 471 g/mol. The maximum absolute atomic E-state index is 13.6. The number of benzene rings is 2. The van der Waals surface area contributed by atoms with Crippen LogP contribution in [0.15, 0.2) is 48.5 Å². The molecule has 0 spiro atoms. The molecular formula is C24H23F5N4O2. The third-order valence-corrected chi connectivity index (χ3v) is 5.53. The monoisotopic (exact) mass is 494 g/mol. The molecule has 2 amide bonds. The van der Waals surface area contributed by atoms with E-state index < -0.39 is 53.1 Å². The van der Waals surface area contributed by atoms with Crippen LogP contribution in [0.4, 0.5) is 27.8 Å². The number of hydrogen-bond donors (Lipinski definition) is 3. The summed E-state index contributed by atoms with van der Waals surface area (Å²) in [6, 6.07) is 8.25. The lowest BCUT2D eigenvalue weighted by Gasteiger charge is -2.23. The van der Waals surface area contributed by atoms with E-state index in [0.29, 0.717) is 11.3 Å². The van der Waals surface area contributed by atoms with Gasteiger partial charge in [0, 0.05) is 23.2 Å². The molecule has 2 aromatic carbocycles. The first-order valence-electron chi connectivity index (χ1n) is 10.5. The lowest BCUT2D eigenvalue weighted by molar-refractivity contribution is -0.138. The van der Waals surface area contributed by atoms with Crippen LogP contribution in [0, 0.1) is 11.6 Å². The predicted molar refractivity (Wildman–Crippen MR) is 118 cm³/mol. The minimum Gasteiger partial charge on any atom is -0.344 e. The largest absolute Gasteiger partial charge is 0.416 e. The number of nitrogens with zero attached hydrogens (tertiary/aromatic N) is 1. The van der Waals surface area contributed by atoms with E-state index in [-0.39, 0.29) is 11.4 Å². The Bertz CT molecular complexity index is 1220. The average Bonchev–Trinajstić information content (AvgIpc) is 3.22. The lowest BCUT2D eigenvalue weighted by Crippen LogP contribution is -2.42. The van der Waals surface area contributed by atoms with Crippen LogP contribution in [-0.4, -0.2) is 28.1 Å². The number of hydrogen-bond acceptors (Lipinski definition) is 3. The molecule has 0 saturated heterocycles. The Balaban J connectivity index is 1.64. The van der Waals surface area contributed by atoms with Crippen molar-refractivity contribution in [1.29, 1.82) is 0 Å². The zero-order valence-corrected chi connectivity index (χ0v) is 19.1. The second-order valence-corrected chi connectivity index (χ2v) is 8.56. The summed E-state index contributed by atoms with van der Waals surface area (Å²) in [4.78, 5) is 24.8. The lowest BCUT2D eigenvalue weighted by atomic mass is 9.81. The smallest absolute Gasteiger partial charge is 0.344 e. The van der Waals surface area contributed by atoms with Crippen LogP contribution in [0.1, 0.15) is 43.2 Å². The molecule has 0 unspecified atom stereocenters. The van der Waals surface area contributed by atoms with Gasteiger partial charge in [-0.25, -0.2) is 8.78 Å². The molecule has 0 bridgehead atoms. The summed E-state index contributed by atoms with van der Waals surface area (Å²) in [5.74, 6) is -2.79. The number of anilines is 1. The fourth-order valence-electron chi connectivity index (χ4n) is 3.49. The quantitative estimate of drug-likeness (QED) is 0.416. The summed E-state index contributed by atoms with van der Waals surface area (Å²) in [7, 11) is 0. The van der Waals surface area contributed by atoms with Crippen LogP contribution >= 0.6 is 0 Å². The van der Waals surface area contributed by atoms with Crippen LogP contribution in [0.2, 0.25) is 0 Å². The number of rotatable bonds is 7. The highest BCUT2D eigenvalue weighted by Crippen LogP contribution is 2.33. The summed E-state index contributed by atoms with van der Waals surface area (Å²) in [6.45, 7) is 4.79. The molecule has 11 heteroatoms. The van der Waals surface area contributed by atoms with Gasteiger partial charge < -0.3 is 10.6 Å². The summed E-state index contributed by atoms with van der Waals surface area (Å²) in [5.41, 5.74) is -1.21. The van der Waals surface area contributed by atoms with Gasteiger partial charge in [0.2, 0.25) is 11.8 Å². The average molecular weight is 494 g/mol. The van der Waals surface area contributed by atoms with Crippen molar-refractivity contribution in [2.75, 3.05) is 5.32 Å². The Morgan fingerprint density at radius 2 is 1.66 bits per heavy atom. The Morgan fingerprint density at radius 1 is 1.03 bits per heavy atom. The number of carbonyl (C=O) groups excluding carboxylic acids is 2. The van der Waals surface area contributed by atoms with Crippen molar-refractivity contribution < 1.29 is 31.5 Å². The van der Waals surface area contributed by atoms with E-state index in [0.717, 1.165) is 12.1 Å². The van der Waals surface area contributed by atoms with E-state index in [1.165, 1.54) is 43.3 Å². The molecule has 1 atom stereocenters. The standard InChI is InChI=1S/C24H23F5N4O2/c1-13(30-21(34)8-14-6-4-5-7-18(14)24(27,28)29)22(35)31-20-12-19(32-33-20)23(2,3)15-9-16(25)11-17(26)10-15/h4-7,9-13H,8H2,1-3H3,(H,30,34)(H2,31,32,33,35)/t13-/m0/s1. The number of alkyl halides is 3. The third kappa shape index (κ3) is 6.23. The van der Waals surface area contributed by atoms with Gasteiger partial charge in [-0.05, 0) is 36.2 Å². The summed E-state index contributed by atoms with van der Waals surface area (Å²) < 4.78 is 66.7. The van der Waals surface area contributed by atoms with Crippen molar-refractivity contribution in [3.8, 4) is 0 Å². The zero-order chi connectivity index (χ0) is 26.0. The van der Waals surface area contributed by atoms with Gasteiger partial charge in [0.25, 0.3) is 0 Å². The molecule has 0 aliphatic carbocycles. The van der Waals surface area contributed by atoms with Crippen molar-refractivity contribution >= 4 is 17.6 Å². The van der Waals surface area contributed by atoms with Crippen LogP contribution in [0.3, 0.4) is 0 Å². The van der Waals surface area contributed by atoms with Gasteiger partial charge >= 0.3 is 6.18 Å². The molecule has 6 nitrogen and oxygen atoms in total. The number of nitrogens with one attached hydrogen (secondary N) is 3. The predicted octanol–water partition coefficient (Wildman–Crippen LogP) is 4.72. The van der Waals surface area contributed by atoms with E-state index in [9.17, 15) is 31.5 Å². The topological polar surface area (TPSA) is 86.9 Å². The van der Waals surface area contributed by atoms with Gasteiger partial charge in [0.15, 0.2) is 5.82 Å². The molecule has 1 aromatic heterocycles. The number of halogens is 5. The molecule has 0 aliphatic heterocycles. The van der Waals surface area contributed by atoms with Gasteiger partial charge in [0.05, 0.1) is 12.0 Å².